The summed E-state index contributed by atoms with van der Waals surface area (Å²) in [6.07, 6.45) is 4.05. The van der Waals surface area contributed by atoms with Crippen LogP contribution < -0.4 is 10.7 Å². The summed E-state index contributed by atoms with van der Waals surface area (Å²) >= 11 is 0. The summed E-state index contributed by atoms with van der Waals surface area (Å²) in [5.74, 6) is -0.401. The van der Waals surface area contributed by atoms with E-state index in [1.807, 2.05) is 31.2 Å². The first-order valence-corrected chi connectivity index (χ1v) is 7.97. The van der Waals surface area contributed by atoms with Crippen molar-refractivity contribution in [1.82, 2.24) is 9.78 Å². The second kappa shape index (κ2) is 7.57. The maximum atomic E-state index is 13.4. The van der Waals surface area contributed by atoms with Crippen molar-refractivity contribution < 1.29 is 4.39 Å². The number of nitrogens with zero attached hydrogens (tertiary/aromatic N) is 2. The fraction of sp³-hybridized carbons (Fsp3) is 0.0500. The van der Waals surface area contributed by atoms with Gasteiger partial charge in [0.05, 0.1) is 11.4 Å². The molecule has 0 amide bonds. The Bertz CT molecular complexity index is 1040. The third-order valence-corrected chi connectivity index (χ3v) is 3.68. The van der Waals surface area contributed by atoms with E-state index < -0.39 is 5.82 Å². The van der Waals surface area contributed by atoms with E-state index in [0.717, 1.165) is 17.5 Å². The quantitative estimate of drug-likeness (QED) is 0.689. The smallest absolute Gasteiger partial charge is 0.209 e. The molecule has 1 aromatic heterocycles. The Morgan fingerprint density at radius 1 is 1.19 bits per heavy atom. The summed E-state index contributed by atoms with van der Waals surface area (Å²) in [7, 11) is 0. The molecule has 1 heterocycles. The van der Waals surface area contributed by atoms with Crippen LogP contribution in [0.3, 0.4) is 0 Å². The minimum Gasteiger partial charge on any atom is -0.353 e. The molecule has 26 heavy (non-hydrogen) atoms. The lowest BCUT2D eigenvalue weighted by atomic mass is 10.2. The SMILES string of the molecule is Cc1cccc(-n2ccc(=O)c(/C(=C/C=N)Nc3cccc(F)c3)n2)c1. The van der Waals surface area contributed by atoms with Crippen molar-refractivity contribution >= 4 is 17.6 Å². The normalized spacial score (nSPS) is 11.2. The predicted molar refractivity (Wildman–Crippen MR) is 101 cm³/mol. The average molecular weight is 348 g/mol. The molecule has 2 N–H and O–H groups in total. The molecule has 130 valence electrons. The minimum absolute atomic E-state index is 0.141. The van der Waals surface area contributed by atoms with Crippen molar-refractivity contribution in [3.8, 4) is 5.69 Å². The summed E-state index contributed by atoms with van der Waals surface area (Å²) in [6, 6.07) is 15.0. The molecule has 0 spiro atoms. The number of aromatic nitrogens is 2. The van der Waals surface area contributed by atoms with Gasteiger partial charge in [-0.1, -0.05) is 18.2 Å². The highest BCUT2D eigenvalue weighted by molar-refractivity contribution is 5.86. The monoisotopic (exact) mass is 348 g/mol. The Hall–Kier alpha value is -3.54. The minimum atomic E-state index is -0.401. The maximum Gasteiger partial charge on any atom is 0.209 e. The number of hydrogen-bond donors (Lipinski definition) is 2. The summed E-state index contributed by atoms with van der Waals surface area (Å²) in [5.41, 5.74) is 2.50. The Labute approximate surface area is 149 Å². The number of hydrogen-bond acceptors (Lipinski definition) is 4. The first kappa shape index (κ1) is 17.3. The molecule has 0 saturated heterocycles. The van der Waals surface area contributed by atoms with E-state index in [-0.39, 0.29) is 11.1 Å². The Morgan fingerprint density at radius 2 is 2.00 bits per heavy atom. The topological polar surface area (TPSA) is 70.8 Å². The van der Waals surface area contributed by atoms with E-state index in [1.165, 1.54) is 24.3 Å². The molecular formula is C20H17FN4O. The van der Waals surface area contributed by atoms with Gasteiger partial charge in [0.2, 0.25) is 5.43 Å². The number of halogens is 1. The standard InChI is InChI=1S/C20H17FN4O/c1-14-4-2-7-17(12-14)25-11-9-19(26)20(24-25)18(8-10-22)23-16-6-3-5-15(21)13-16/h2-13,22-23H,1H3/b18-8-,22-10?. The van der Waals surface area contributed by atoms with Crippen LogP contribution in [0.25, 0.3) is 11.4 Å². The van der Waals surface area contributed by atoms with Gasteiger partial charge in [0.15, 0.2) is 5.69 Å². The van der Waals surface area contributed by atoms with Crippen molar-refractivity contribution in [3.63, 3.8) is 0 Å². The number of benzene rings is 2. The van der Waals surface area contributed by atoms with Gasteiger partial charge in [-0.25, -0.2) is 9.07 Å². The molecule has 0 saturated carbocycles. The lowest BCUT2D eigenvalue weighted by Gasteiger charge is -2.12. The van der Waals surface area contributed by atoms with Gasteiger partial charge in [-0.05, 0) is 48.9 Å². The lowest BCUT2D eigenvalue weighted by molar-refractivity contribution is 0.628. The Kier molecular flexibility index (Phi) is 5.03. The van der Waals surface area contributed by atoms with Crippen molar-refractivity contribution in [2.45, 2.75) is 6.92 Å². The van der Waals surface area contributed by atoms with Crippen LogP contribution in [-0.2, 0) is 0 Å². The summed E-state index contributed by atoms with van der Waals surface area (Å²) in [4.78, 5) is 12.3. The van der Waals surface area contributed by atoms with Gasteiger partial charge < -0.3 is 10.7 Å². The van der Waals surface area contributed by atoms with Crippen LogP contribution in [0.5, 0.6) is 0 Å². The third kappa shape index (κ3) is 3.92. The Balaban J connectivity index is 2.04. The number of rotatable bonds is 5. The molecule has 2 aromatic carbocycles. The average Bonchev–Trinajstić information content (AvgIpc) is 2.62. The van der Waals surface area contributed by atoms with Crippen LogP contribution >= 0.6 is 0 Å². The zero-order chi connectivity index (χ0) is 18.5. The molecule has 6 heteroatoms. The van der Waals surface area contributed by atoms with Gasteiger partial charge in [0.1, 0.15) is 5.82 Å². The molecule has 3 rings (SSSR count). The van der Waals surface area contributed by atoms with Gasteiger partial charge >= 0.3 is 0 Å². The van der Waals surface area contributed by atoms with Crippen LogP contribution in [0.2, 0.25) is 0 Å². The molecule has 0 aliphatic heterocycles. The summed E-state index contributed by atoms with van der Waals surface area (Å²) < 4.78 is 15.0. The molecule has 0 atom stereocenters. The molecule has 0 fully saturated rings. The van der Waals surface area contributed by atoms with E-state index in [2.05, 4.69) is 10.4 Å². The molecule has 0 aliphatic rings. The van der Waals surface area contributed by atoms with Crippen molar-refractivity contribution in [3.05, 3.63) is 94.2 Å². The highest BCUT2D eigenvalue weighted by atomic mass is 19.1. The van der Waals surface area contributed by atoms with E-state index in [1.54, 1.807) is 23.0 Å². The van der Waals surface area contributed by atoms with E-state index in [4.69, 9.17) is 5.41 Å². The summed E-state index contributed by atoms with van der Waals surface area (Å²) in [6.45, 7) is 1.97. The second-order valence-corrected chi connectivity index (χ2v) is 5.69. The first-order chi connectivity index (χ1) is 12.6. The molecule has 0 bridgehead atoms. The second-order valence-electron chi connectivity index (χ2n) is 5.69. The van der Waals surface area contributed by atoms with Gasteiger partial charge in [-0.15, -0.1) is 0 Å². The van der Waals surface area contributed by atoms with E-state index in [0.29, 0.717) is 11.4 Å². The van der Waals surface area contributed by atoms with E-state index >= 15 is 0 Å². The zero-order valence-corrected chi connectivity index (χ0v) is 14.1. The van der Waals surface area contributed by atoms with Crippen LogP contribution in [0.15, 0.2) is 71.7 Å². The van der Waals surface area contributed by atoms with Crippen LogP contribution in [-0.4, -0.2) is 16.0 Å². The number of nitrogens with one attached hydrogen (secondary N) is 2. The third-order valence-electron chi connectivity index (χ3n) is 3.68. The highest BCUT2D eigenvalue weighted by Crippen LogP contribution is 2.16. The molecular weight excluding hydrogens is 331 g/mol. The van der Waals surface area contributed by atoms with Crippen LogP contribution in [0, 0.1) is 18.2 Å². The number of allylic oxidation sites excluding steroid dienone is 1. The largest absolute Gasteiger partial charge is 0.353 e. The van der Waals surface area contributed by atoms with Gasteiger partial charge in [-0.3, -0.25) is 4.79 Å². The molecule has 3 aromatic rings. The lowest BCUT2D eigenvalue weighted by Crippen LogP contribution is -2.18. The number of aryl methyl sites for hydroxylation is 1. The van der Waals surface area contributed by atoms with E-state index in [9.17, 15) is 9.18 Å². The van der Waals surface area contributed by atoms with Gasteiger partial charge in [0, 0.05) is 24.2 Å². The molecule has 0 radical (unpaired) electrons. The predicted octanol–water partition coefficient (Wildman–Crippen LogP) is 3.78. The van der Waals surface area contributed by atoms with Crippen LogP contribution in [0.1, 0.15) is 11.3 Å². The maximum absolute atomic E-state index is 13.4. The van der Waals surface area contributed by atoms with Crippen molar-refractivity contribution in [1.29, 1.82) is 5.41 Å². The highest BCUT2D eigenvalue weighted by Gasteiger charge is 2.10. The first-order valence-electron chi connectivity index (χ1n) is 7.97. The van der Waals surface area contributed by atoms with Gasteiger partial charge in [-0.2, -0.15) is 5.10 Å². The van der Waals surface area contributed by atoms with Crippen molar-refractivity contribution in [2.24, 2.45) is 0 Å². The number of anilines is 1. The zero-order valence-electron chi connectivity index (χ0n) is 14.1. The van der Waals surface area contributed by atoms with Crippen molar-refractivity contribution in [2.75, 3.05) is 5.32 Å². The molecule has 0 aliphatic carbocycles. The fourth-order valence-electron chi connectivity index (χ4n) is 2.49. The van der Waals surface area contributed by atoms with Gasteiger partial charge in [0.25, 0.3) is 0 Å². The summed E-state index contributed by atoms with van der Waals surface area (Å²) in [5, 5.41) is 14.7. The molecule has 5 nitrogen and oxygen atoms in total. The Morgan fingerprint density at radius 3 is 2.73 bits per heavy atom. The van der Waals surface area contributed by atoms with Crippen LogP contribution in [0.4, 0.5) is 10.1 Å². The fourth-order valence-corrected chi connectivity index (χ4v) is 2.49. The molecule has 0 unspecified atom stereocenters.